The van der Waals surface area contributed by atoms with Gasteiger partial charge in [-0.25, -0.2) is 14.3 Å². The van der Waals surface area contributed by atoms with E-state index in [1.54, 1.807) is 6.07 Å². The molecule has 0 radical (unpaired) electrons. The highest BCUT2D eigenvalue weighted by Crippen LogP contribution is 2.43. The van der Waals surface area contributed by atoms with Crippen LogP contribution in [0.25, 0.3) is 16.6 Å². The number of fused-ring (bicyclic) bond motifs is 3. The van der Waals surface area contributed by atoms with Crippen molar-refractivity contribution in [1.29, 1.82) is 0 Å². The quantitative estimate of drug-likeness (QED) is 0.419. The number of halogens is 3. The summed E-state index contributed by atoms with van der Waals surface area (Å²) < 4.78 is 51.5. The number of hydrogen-bond acceptors (Lipinski definition) is 7. The Balaban J connectivity index is 1.70. The molecule has 0 spiro atoms. The van der Waals surface area contributed by atoms with Crippen LogP contribution in [-0.4, -0.2) is 59.8 Å². The van der Waals surface area contributed by atoms with Gasteiger partial charge < -0.3 is 19.3 Å². The van der Waals surface area contributed by atoms with Crippen LogP contribution in [0.5, 0.6) is 11.5 Å². The van der Waals surface area contributed by atoms with Gasteiger partial charge in [0.15, 0.2) is 17.3 Å². The van der Waals surface area contributed by atoms with E-state index in [2.05, 4.69) is 4.90 Å². The number of ether oxygens (including phenoxy) is 2. The molecule has 0 amide bonds. The third-order valence-electron chi connectivity index (χ3n) is 5.76. The van der Waals surface area contributed by atoms with Crippen molar-refractivity contribution in [3.05, 3.63) is 54.1 Å². The Hall–Kier alpha value is -3.86. The van der Waals surface area contributed by atoms with E-state index in [0.717, 1.165) is 37.4 Å². The number of anilines is 1. The van der Waals surface area contributed by atoms with Gasteiger partial charge in [0.05, 0.1) is 22.2 Å². The van der Waals surface area contributed by atoms with E-state index in [-0.39, 0.29) is 11.5 Å². The minimum absolute atomic E-state index is 0.0345. The number of piperazine rings is 1. The molecule has 176 valence electrons. The molecule has 1 saturated heterocycles. The smallest absolute Gasteiger partial charge is 0.416 e. The average molecular weight is 472 g/mol. The number of nitrogens with zero attached hydrogens (tertiary/aromatic N) is 4. The number of aromatic nitrogens is 2. The fourth-order valence-electron chi connectivity index (χ4n) is 3.97. The van der Waals surface area contributed by atoms with Gasteiger partial charge in [-0.3, -0.25) is 0 Å². The standard InChI is InChI=1S/C23H19F3N4O4/c1-28-10-12-29(13-11-28)22-20-16(6-7-17-21(20)34-19(32)9-8-18(31)33-17)30(27-22)15-4-2-14(3-5-15)23(24,25)26/h2-9H,10-13H2,1H3/b9-8+. The molecule has 0 N–H and O–H groups in total. The summed E-state index contributed by atoms with van der Waals surface area (Å²) in [6.45, 7) is 2.79. The molecule has 3 aromatic rings. The van der Waals surface area contributed by atoms with Crippen molar-refractivity contribution < 1.29 is 32.2 Å². The highest BCUT2D eigenvalue weighted by Gasteiger charge is 2.31. The van der Waals surface area contributed by atoms with Crippen LogP contribution in [-0.2, 0) is 15.8 Å². The number of carbonyl (C=O) groups excluding carboxylic acids is 2. The minimum atomic E-state index is -4.46. The van der Waals surface area contributed by atoms with Gasteiger partial charge in [0, 0.05) is 38.3 Å². The number of benzene rings is 2. The first-order chi connectivity index (χ1) is 16.2. The molecule has 8 nitrogen and oxygen atoms in total. The molecule has 2 aromatic carbocycles. The van der Waals surface area contributed by atoms with Crippen molar-refractivity contribution in [3.63, 3.8) is 0 Å². The Bertz CT molecular complexity index is 1310. The van der Waals surface area contributed by atoms with Crippen molar-refractivity contribution in [2.24, 2.45) is 0 Å². The van der Waals surface area contributed by atoms with Crippen LogP contribution in [0.1, 0.15) is 5.56 Å². The van der Waals surface area contributed by atoms with Crippen LogP contribution < -0.4 is 14.4 Å². The van der Waals surface area contributed by atoms with Crippen LogP contribution >= 0.6 is 0 Å². The molecule has 5 rings (SSSR count). The molecule has 0 bridgehead atoms. The van der Waals surface area contributed by atoms with Crippen molar-refractivity contribution in [1.82, 2.24) is 14.7 Å². The van der Waals surface area contributed by atoms with Crippen molar-refractivity contribution in [3.8, 4) is 17.2 Å². The first-order valence-electron chi connectivity index (χ1n) is 10.5. The average Bonchev–Trinajstić information content (AvgIpc) is 3.18. The maximum atomic E-state index is 13.1. The number of hydrogen-bond donors (Lipinski definition) is 0. The van der Waals surface area contributed by atoms with Crippen LogP contribution in [0.2, 0.25) is 0 Å². The number of likely N-dealkylation sites (N-methyl/N-ethyl adjacent to an activating group) is 1. The molecule has 1 fully saturated rings. The van der Waals surface area contributed by atoms with E-state index in [1.165, 1.54) is 22.9 Å². The second-order valence-electron chi connectivity index (χ2n) is 8.03. The fourth-order valence-corrected chi connectivity index (χ4v) is 3.97. The maximum Gasteiger partial charge on any atom is 0.416 e. The lowest BCUT2D eigenvalue weighted by Crippen LogP contribution is -2.44. The van der Waals surface area contributed by atoms with Gasteiger partial charge in [-0.05, 0) is 43.4 Å². The molecular weight excluding hydrogens is 453 g/mol. The summed E-state index contributed by atoms with van der Waals surface area (Å²) in [7, 11) is 2.00. The van der Waals surface area contributed by atoms with E-state index in [1.807, 2.05) is 11.9 Å². The normalized spacial score (nSPS) is 18.2. The van der Waals surface area contributed by atoms with Crippen molar-refractivity contribution in [2.45, 2.75) is 6.18 Å². The zero-order valence-electron chi connectivity index (χ0n) is 18.0. The van der Waals surface area contributed by atoms with Crippen LogP contribution in [0.4, 0.5) is 19.0 Å². The van der Waals surface area contributed by atoms with E-state index >= 15 is 0 Å². The molecule has 0 saturated carbocycles. The fraction of sp³-hybridized carbons (Fsp3) is 0.261. The van der Waals surface area contributed by atoms with Crippen molar-refractivity contribution >= 4 is 28.7 Å². The Morgan fingerprint density at radius 2 is 1.53 bits per heavy atom. The molecule has 2 aliphatic heterocycles. The predicted molar refractivity (Wildman–Crippen MR) is 116 cm³/mol. The first-order valence-corrected chi connectivity index (χ1v) is 10.5. The molecule has 0 aliphatic carbocycles. The highest BCUT2D eigenvalue weighted by atomic mass is 19.4. The summed E-state index contributed by atoms with van der Waals surface area (Å²) >= 11 is 0. The van der Waals surface area contributed by atoms with Gasteiger partial charge in [0.2, 0.25) is 0 Å². The van der Waals surface area contributed by atoms with Crippen LogP contribution in [0.15, 0.2) is 48.6 Å². The highest BCUT2D eigenvalue weighted by molar-refractivity contribution is 6.03. The summed E-state index contributed by atoms with van der Waals surface area (Å²) in [5, 5.41) is 5.13. The monoisotopic (exact) mass is 472 g/mol. The molecule has 11 heteroatoms. The summed E-state index contributed by atoms with van der Waals surface area (Å²) in [6.07, 6.45) is -2.51. The Morgan fingerprint density at radius 1 is 0.882 bits per heavy atom. The summed E-state index contributed by atoms with van der Waals surface area (Å²) in [5.74, 6) is -0.913. The molecule has 34 heavy (non-hydrogen) atoms. The van der Waals surface area contributed by atoms with Crippen molar-refractivity contribution in [2.75, 3.05) is 38.1 Å². The van der Waals surface area contributed by atoms with Gasteiger partial charge in [0.1, 0.15) is 0 Å². The van der Waals surface area contributed by atoms with Crippen LogP contribution in [0, 0.1) is 0 Å². The molecular formula is C23H19F3N4O4. The van der Waals surface area contributed by atoms with Gasteiger partial charge in [-0.1, -0.05) is 0 Å². The maximum absolute atomic E-state index is 13.1. The summed E-state index contributed by atoms with van der Waals surface area (Å²) in [4.78, 5) is 28.4. The zero-order chi connectivity index (χ0) is 24.0. The molecule has 1 aromatic heterocycles. The summed E-state index contributed by atoms with van der Waals surface area (Å²) in [5.41, 5.74) is 0.109. The Labute approximate surface area is 191 Å². The van der Waals surface area contributed by atoms with E-state index in [9.17, 15) is 22.8 Å². The van der Waals surface area contributed by atoms with Gasteiger partial charge in [0.25, 0.3) is 0 Å². The third kappa shape index (κ3) is 3.98. The second-order valence-corrected chi connectivity index (χ2v) is 8.03. The van der Waals surface area contributed by atoms with Crippen LogP contribution in [0.3, 0.4) is 0 Å². The van der Waals surface area contributed by atoms with E-state index in [4.69, 9.17) is 14.6 Å². The minimum Gasteiger partial charge on any atom is -0.419 e. The number of esters is 2. The number of alkyl halides is 3. The molecule has 2 aliphatic rings. The lowest BCUT2D eigenvalue weighted by molar-refractivity contribution is -0.137. The first kappa shape index (κ1) is 22.0. The largest absolute Gasteiger partial charge is 0.419 e. The number of rotatable bonds is 2. The second kappa shape index (κ2) is 8.17. The Kier molecular flexibility index (Phi) is 5.28. The summed E-state index contributed by atoms with van der Waals surface area (Å²) in [6, 6.07) is 7.73. The van der Waals surface area contributed by atoms with Gasteiger partial charge in [-0.15, -0.1) is 5.10 Å². The third-order valence-corrected chi connectivity index (χ3v) is 5.76. The van der Waals surface area contributed by atoms with Gasteiger partial charge in [-0.2, -0.15) is 13.2 Å². The lowest BCUT2D eigenvalue weighted by atomic mass is 10.1. The molecule has 0 atom stereocenters. The van der Waals surface area contributed by atoms with E-state index < -0.39 is 23.7 Å². The van der Waals surface area contributed by atoms with Gasteiger partial charge >= 0.3 is 18.1 Å². The zero-order valence-corrected chi connectivity index (χ0v) is 18.0. The SMILES string of the molecule is CN1CCN(c2nn(-c3ccc(C(F)(F)F)cc3)c3ccc4c(c23)OC(=O)/C=C/C(=O)O4)CC1. The molecule has 3 heterocycles. The predicted octanol–water partition coefficient (Wildman–Crippen LogP) is 3.18. The molecule has 0 unspecified atom stereocenters. The Morgan fingerprint density at radius 3 is 2.18 bits per heavy atom. The number of carbonyl (C=O) groups is 2. The topological polar surface area (TPSA) is 76.9 Å². The van der Waals surface area contributed by atoms with E-state index in [0.29, 0.717) is 35.5 Å². The lowest BCUT2D eigenvalue weighted by Gasteiger charge is -2.32.